The molecule has 3 N–H and O–H groups in total. The number of nitrogens with one attached hydrogen (secondary N) is 3. The maximum Gasteiger partial charge on any atom is 0.414 e. The fourth-order valence-corrected chi connectivity index (χ4v) is 2.86. The molecular weight excluding hydrogens is 395 g/mol. The van der Waals surface area contributed by atoms with Gasteiger partial charge in [0.25, 0.3) is 5.91 Å². The van der Waals surface area contributed by atoms with E-state index in [1.54, 1.807) is 12.1 Å². The number of carbonyl (C=O) groups is 3. The summed E-state index contributed by atoms with van der Waals surface area (Å²) in [6.07, 6.45) is -1.36. The molecule has 10 nitrogen and oxygen atoms in total. The first-order valence-corrected chi connectivity index (χ1v) is 9.52. The Hall–Kier alpha value is -3.39. The highest BCUT2D eigenvalue weighted by Crippen LogP contribution is 2.25. The molecule has 30 heavy (non-hydrogen) atoms. The quantitative estimate of drug-likeness (QED) is 0.481. The molecular formula is C19H25FN6O4. The van der Waals surface area contributed by atoms with Crippen molar-refractivity contribution in [3.8, 4) is 6.07 Å². The molecule has 1 aliphatic heterocycles. The van der Waals surface area contributed by atoms with Gasteiger partial charge in [0.05, 0.1) is 37.1 Å². The van der Waals surface area contributed by atoms with Crippen molar-refractivity contribution in [2.24, 2.45) is 0 Å². The van der Waals surface area contributed by atoms with Crippen LogP contribution in [0.25, 0.3) is 0 Å². The maximum atomic E-state index is 14.5. The molecule has 0 aromatic heterocycles. The monoisotopic (exact) mass is 420 g/mol. The van der Waals surface area contributed by atoms with Crippen LogP contribution in [0.15, 0.2) is 18.2 Å². The molecule has 0 bridgehead atoms. The van der Waals surface area contributed by atoms with Crippen LogP contribution in [0, 0.1) is 17.1 Å². The van der Waals surface area contributed by atoms with Crippen LogP contribution in [0.2, 0.25) is 0 Å². The van der Waals surface area contributed by atoms with E-state index in [-0.39, 0.29) is 50.1 Å². The van der Waals surface area contributed by atoms with Crippen molar-refractivity contribution < 1.29 is 23.5 Å². The molecule has 2 rings (SSSR count). The van der Waals surface area contributed by atoms with Gasteiger partial charge < -0.3 is 15.4 Å². The highest BCUT2D eigenvalue weighted by molar-refractivity contribution is 5.90. The number of ether oxygens (including phenoxy) is 1. The van der Waals surface area contributed by atoms with Crippen molar-refractivity contribution >= 4 is 29.3 Å². The van der Waals surface area contributed by atoms with Crippen molar-refractivity contribution in [2.75, 3.05) is 42.9 Å². The van der Waals surface area contributed by atoms with Gasteiger partial charge in [-0.25, -0.2) is 14.6 Å². The number of benzene rings is 1. The summed E-state index contributed by atoms with van der Waals surface area (Å²) in [5.74, 6) is -1.16. The second-order valence-corrected chi connectivity index (χ2v) is 6.54. The SMILES string of the molecule is CCNN(CCNc1ccc(N2C[C@H](CNC(C)=O)OC2=O)cc1F)C(=O)CC#N. The molecule has 162 valence electrons. The van der Waals surface area contributed by atoms with Gasteiger partial charge >= 0.3 is 6.09 Å². The van der Waals surface area contributed by atoms with E-state index in [0.717, 1.165) is 0 Å². The van der Waals surface area contributed by atoms with E-state index in [0.29, 0.717) is 12.2 Å². The average molecular weight is 420 g/mol. The van der Waals surface area contributed by atoms with Gasteiger partial charge in [-0.05, 0) is 18.2 Å². The van der Waals surface area contributed by atoms with Crippen LogP contribution >= 0.6 is 0 Å². The molecule has 0 saturated carbocycles. The number of hydrogen-bond acceptors (Lipinski definition) is 7. The summed E-state index contributed by atoms with van der Waals surface area (Å²) >= 11 is 0. The van der Waals surface area contributed by atoms with Gasteiger partial charge in [-0.2, -0.15) is 5.26 Å². The van der Waals surface area contributed by atoms with Crippen LogP contribution in [0.3, 0.4) is 0 Å². The molecule has 0 radical (unpaired) electrons. The van der Waals surface area contributed by atoms with Crippen molar-refractivity contribution in [2.45, 2.75) is 26.4 Å². The minimum atomic E-state index is -0.609. The van der Waals surface area contributed by atoms with Gasteiger partial charge in [0, 0.05) is 20.0 Å². The second-order valence-electron chi connectivity index (χ2n) is 6.54. The number of nitrogens with zero attached hydrogens (tertiary/aromatic N) is 3. The van der Waals surface area contributed by atoms with E-state index in [1.807, 2.05) is 6.92 Å². The van der Waals surface area contributed by atoms with E-state index < -0.39 is 18.0 Å². The molecule has 1 aromatic carbocycles. The summed E-state index contributed by atoms with van der Waals surface area (Å²) in [6, 6.07) is 6.09. The molecule has 1 saturated heterocycles. The second kappa shape index (κ2) is 11.0. The number of halogens is 1. The third kappa shape index (κ3) is 6.31. The first-order chi connectivity index (χ1) is 14.3. The van der Waals surface area contributed by atoms with Gasteiger partial charge in [0.2, 0.25) is 5.91 Å². The van der Waals surface area contributed by atoms with Crippen LogP contribution in [0.1, 0.15) is 20.3 Å². The lowest BCUT2D eigenvalue weighted by atomic mass is 10.2. The summed E-state index contributed by atoms with van der Waals surface area (Å²) in [5.41, 5.74) is 3.41. The number of amides is 3. The van der Waals surface area contributed by atoms with Crippen molar-refractivity contribution in [1.82, 2.24) is 15.8 Å². The molecule has 0 aliphatic carbocycles. The number of cyclic esters (lactones) is 1. The number of carbonyl (C=O) groups excluding carboxylic acids is 3. The number of rotatable bonds is 10. The van der Waals surface area contributed by atoms with Gasteiger partial charge in [-0.1, -0.05) is 6.92 Å². The third-order valence-electron chi connectivity index (χ3n) is 4.25. The zero-order chi connectivity index (χ0) is 22.1. The van der Waals surface area contributed by atoms with Crippen molar-refractivity contribution in [3.63, 3.8) is 0 Å². The lowest BCUT2D eigenvalue weighted by Gasteiger charge is -2.22. The molecule has 0 spiro atoms. The van der Waals surface area contributed by atoms with E-state index in [9.17, 15) is 18.8 Å². The van der Waals surface area contributed by atoms with E-state index in [4.69, 9.17) is 10.00 Å². The van der Waals surface area contributed by atoms with Gasteiger partial charge in [0.1, 0.15) is 18.3 Å². The zero-order valence-electron chi connectivity index (χ0n) is 16.9. The Morgan fingerprint density at radius 3 is 2.83 bits per heavy atom. The molecule has 1 fully saturated rings. The van der Waals surface area contributed by atoms with Crippen LogP contribution < -0.4 is 21.0 Å². The lowest BCUT2D eigenvalue weighted by molar-refractivity contribution is -0.133. The molecule has 11 heteroatoms. The van der Waals surface area contributed by atoms with Crippen molar-refractivity contribution in [3.05, 3.63) is 24.0 Å². The summed E-state index contributed by atoms with van der Waals surface area (Å²) in [4.78, 5) is 36.2. The summed E-state index contributed by atoms with van der Waals surface area (Å²) in [5, 5.41) is 15.4. The average Bonchev–Trinajstić information content (AvgIpc) is 3.07. The fourth-order valence-electron chi connectivity index (χ4n) is 2.86. The summed E-state index contributed by atoms with van der Waals surface area (Å²) in [7, 11) is 0. The van der Waals surface area contributed by atoms with E-state index in [2.05, 4.69) is 16.1 Å². The fraction of sp³-hybridized carbons (Fsp3) is 0.474. The molecule has 3 amide bonds. The van der Waals surface area contributed by atoms with Crippen LogP contribution in [0.4, 0.5) is 20.6 Å². The largest absolute Gasteiger partial charge is 0.442 e. The molecule has 0 unspecified atom stereocenters. The van der Waals surface area contributed by atoms with Crippen LogP contribution in [0.5, 0.6) is 0 Å². The van der Waals surface area contributed by atoms with E-state index >= 15 is 0 Å². The Balaban J connectivity index is 1.93. The Morgan fingerprint density at radius 2 is 2.20 bits per heavy atom. The van der Waals surface area contributed by atoms with Crippen molar-refractivity contribution in [1.29, 1.82) is 5.26 Å². The standard InChI is InChI=1S/C19H25FN6O4/c1-3-24-26(18(28)6-7-21)9-8-22-17-5-4-14(10-16(17)20)25-12-15(30-19(25)29)11-23-13(2)27/h4-5,10,15,22,24H,3,6,8-9,11-12H2,1-2H3,(H,23,27)/t15-/m0/s1. The predicted molar refractivity (Wildman–Crippen MR) is 107 cm³/mol. The Morgan fingerprint density at radius 1 is 1.43 bits per heavy atom. The highest BCUT2D eigenvalue weighted by atomic mass is 19.1. The normalized spacial score (nSPS) is 15.3. The molecule has 1 atom stereocenters. The zero-order valence-corrected chi connectivity index (χ0v) is 16.9. The number of nitriles is 1. The lowest BCUT2D eigenvalue weighted by Crippen LogP contribution is -2.45. The number of hydrogen-bond donors (Lipinski definition) is 3. The summed E-state index contributed by atoms with van der Waals surface area (Å²) < 4.78 is 19.7. The molecule has 1 heterocycles. The predicted octanol–water partition coefficient (Wildman–Crippen LogP) is 0.966. The number of anilines is 2. The summed E-state index contributed by atoms with van der Waals surface area (Å²) in [6.45, 7) is 4.57. The maximum absolute atomic E-state index is 14.5. The smallest absolute Gasteiger partial charge is 0.414 e. The van der Waals surface area contributed by atoms with E-state index in [1.165, 1.54) is 29.0 Å². The number of hydrazine groups is 1. The van der Waals surface area contributed by atoms with Crippen LogP contribution in [-0.2, 0) is 14.3 Å². The minimum absolute atomic E-state index is 0.187. The topological polar surface area (TPSA) is 127 Å². The first kappa shape index (κ1) is 22.9. The van der Waals surface area contributed by atoms with Crippen LogP contribution in [-0.4, -0.2) is 61.7 Å². The highest BCUT2D eigenvalue weighted by Gasteiger charge is 2.32. The Labute approximate surface area is 173 Å². The Kier molecular flexibility index (Phi) is 8.37. The molecule has 1 aromatic rings. The van der Waals surface area contributed by atoms with Gasteiger partial charge in [-0.15, -0.1) is 0 Å². The molecule has 1 aliphatic rings. The third-order valence-corrected chi connectivity index (χ3v) is 4.25. The van der Waals surface area contributed by atoms with Gasteiger partial charge in [0.15, 0.2) is 0 Å². The van der Waals surface area contributed by atoms with Gasteiger partial charge in [-0.3, -0.25) is 19.5 Å². The Bertz CT molecular complexity index is 828. The first-order valence-electron chi connectivity index (χ1n) is 9.52. The minimum Gasteiger partial charge on any atom is -0.442 e.